The maximum Gasteiger partial charge on any atom is 0.349 e. The van der Waals surface area contributed by atoms with E-state index in [1.165, 1.54) is 18.4 Å². The molecule has 3 rings (SSSR count). The normalized spacial score (nSPS) is 15.8. The van der Waals surface area contributed by atoms with Crippen molar-refractivity contribution in [3.8, 4) is 0 Å². The third-order valence-electron chi connectivity index (χ3n) is 4.63. The number of nitrogens with one attached hydrogen (secondary N) is 2. The highest BCUT2D eigenvalue weighted by atomic mass is 35.5. The Morgan fingerprint density at radius 2 is 2.15 bits per heavy atom. The van der Waals surface area contributed by atoms with Crippen molar-refractivity contribution in [2.45, 2.75) is 25.8 Å². The first-order chi connectivity index (χ1) is 12.5. The van der Waals surface area contributed by atoms with E-state index in [-0.39, 0.29) is 0 Å². The quantitative estimate of drug-likeness (QED) is 0.583. The average Bonchev–Trinajstić information content (AvgIpc) is 2.97. The number of carbonyl (C=O) groups excluding carboxylic acids is 1. The molecule has 0 atom stereocenters. The maximum absolute atomic E-state index is 11.8. The largest absolute Gasteiger partial charge is 0.465 e. The van der Waals surface area contributed by atoms with Crippen LogP contribution in [0, 0.1) is 0 Å². The minimum absolute atomic E-state index is 0.406. The molecule has 1 aromatic carbocycles. The van der Waals surface area contributed by atoms with E-state index >= 15 is 0 Å². The van der Waals surface area contributed by atoms with Crippen LogP contribution in [0.15, 0.2) is 18.2 Å². The van der Waals surface area contributed by atoms with E-state index in [1.54, 1.807) is 0 Å². The highest BCUT2D eigenvalue weighted by Gasteiger charge is 2.19. The Labute approximate surface area is 167 Å². The molecule has 1 fully saturated rings. The number of esters is 1. The van der Waals surface area contributed by atoms with Gasteiger partial charge in [-0.25, -0.2) is 4.79 Å². The molecule has 1 saturated heterocycles. The molecule has 5 nitrogen and oxygen atoms in total. The first-order valence-electron chi connectivity index (χ1n) is 8.62. The lowest BCUT2D eigenvalue weighted by Crippen LogP contribution is -2.45. The number of hydrogen-bond acceptors (Lipinski definition) is 5. The van der Waals surface area contributed by atoms with E-state index < -0.39 is 5.97 Å². The molecule has 0 radical (unpaired) electrons. The summed E-state index contributed by atoms with van der Waals surface area (Å²) in [6.07, 6.45) is 2.19. The second kappa shape index (κ2) is 8.52. The smallest absolute Gasteiger partial charge is 0.349 e. The fourth-order valence-corrected chi connectivity index (χ4v) is 4.86. The molecular weight excluding hydrogens is 390 g/mol. The summed E-state index contributed by atoms with van der Waals surface area (Å²) in [6.45, 7) is 5.50. The molecule has 1 aliphatic heterocycles. The van der Waals surface area contributed by atoms with Crippen LogP contribution in [0.1, 0.15) is 29.4 Å². The van der Waals surface area contributed by atoms with E-state index in [2.05, 4.69) is 22.5 Å². The number of fused-ring (bicyclic) bond motifs is 1. The average molecular weight is 412 g/mol. The highest BCUT2D eigenvalue weighted by molar-refractivity contribution is 7.80. The maximum atomic E-state index is 11.8. The Bertz CT molecular complexity index is 816. The van der Waals surface area contributed by atoms with Crippen LogP contribution in [-0.4, -0.2) is 48.8 Å². The minimum Gasteiger partial charge on any atom is -0.465 e. The van der Waals surface area contributed by atoms with Gasteiger partial charge in [0.15, 0.2) is 5.11 Å². The molecule has 0 amide bonds. The number of anilines is 1. The number of thiophene rings is 1. The summed E-state index contributed by atoms with van der Waals surface area (Å²) in [5.74, 6) is -0.415. The topological polar surface area (TPSA) is 53.6 Å². The SMILES string of the molecule is CCN1CCC(NC(=S)Nc2ccc3c(Cl)c(C(=O)OC)sc3c2)CC1. The Hall–Kier alpha value is -1.41. The molecule has 26 heavy (non-hydrogen) atoms. The summed E-state index contributed by atoms with van der Waals surface area (Å²) in [6, 6.07) is 6.16. The standard InChI is InChI=1S/C18H22ClN3O2S2/c1-3-22-8-6-11(7-9-22)20-18(25)21-12-4-5-13-14(10-12)26-16(15(13)19)17(23)24-2/h4-5,10-11H,3,6-9H2,1-2H3,(H2,20,21,25). The Balaban J connectivity index is 1.65. The van der Waals surface area contributed by atoms with Gasteiger partial charge in [-0.1, -0.05) is 18.5 Å². The van der Waals surface area contributed by atoms with Crippen LogP contribution in [0.2, 0.25) is 5.02 Å². The van der Waals surface area contributed by atoms with Crippen molar-refractivity contribution in [3.05, 3.63) is 28.1 Å². The number of nitrogens with zero attached hydrogens (tertiary/aromatic N) is 1. The predicted octanol–water partition coefficient (Wildman–Crippen LogP) is 4.11. The lowest BCUT2D eigenvalue weighted by atomic mass is 10.1. The summed E-state index contributed by atoms with van der Waals surface area (Å²) in [5.41, 5.74) is 0.871. The number of thiocarbonyl (C=S) groups is 1. The van der Waals surface area contributed by atoms with Gasteiger partial charge in [0.25, 0.3) is 0 Å². The number of rotatable bonds is 4. The first-order valence-corrected chi connectivity index (χ1v) is 10.2. The third-order valence-corrected chi connectivity index (χ3v) is 6.49. The van der Waals surface area contributed by atoms with Crippen LogP contribution in [-0.2, 0) is 4.74 Å². The number of ether oxygens (including phenoxy) is 1. The van der Waals surface area contributed by atoms with Crippen LogP contribution in [0.25, 0.3) is 10.1 Å². The molecule has 1 aliphatic rings. The first kappa shape index (κ1) is 19.4. The van der Waals surface area contributed by atoms with Crippen molar-refractivity contribution in [2.24, 2.45) is 0 Å². The van der Waals surface area contributed by atoms with E-state index in [1.807, 2.05) is 18.2 Å². The number of halogens is 1. The zero-order valence-corrected chi connectivity index (χ0v) is 17.2. The summed E-state index contributed by atoms with van der Waals surface area (Å²) >= 11 is 13.1. The van der Waals surface area contributed by atoms with Crippen LogP contribution < -0.4 is 10.6 Å². The minimum atomic E-state index is -0.415. The number of methoxy groups -OCH3 is 1. The van der Waals surface area contributed by atoms with Gasteiger partial charge in [0.05, 0.1) is 12.1 Å². The van der Waals surface area contributed by atoms with Crippen LogP contribution in [0.4, 0.5) is 5.69 Å². The van der Waals surface area contributed by atoms with Gasteiger partial charge < -0.3 is 20.3 Å². The number of hydrogen-bond donors (Lipinski definition) is 2. The van der Waals surface area contributed by atoms with E-state index in [0.717, 1.165) is 48.2 Å². The zero-order chi connectivity index (χ0) is 18.7. The van der Waals surface area contributed by atoms with Crippen molar-refractivity contribution >= 4 is 62.0 Å². The number of benzene rings is 1. The molecule has 2 heterocycles. The fraction of sp³-hybridized carbons (Fsp3) is 0.444. The van der Waals surface area contributed by atoms with Gasteiger partial charge in [-0.3, -0.25) is 0 Å². The molecule has 2 N–H and O–H groups in total. The second-order valence-electron chi connectivity index (χ2n) is 6.25. The molecule has 0 aliphatic carbocycles. The van der Waals surface area contributed by atoms with Gasteiger partial charge in [-0.05, 0) is 49.8 Å². The van der Waals surface area contributed by atoms with E-state index in [0.29, 0.717) is 21.1 Å². The van der Waals surface area contributed by atoms with Crippen molar-refractivity contribution < 1.29 is 9.53 Å². The molecular formula is C18H22ClN3O2S2. The number of likely N-dealkylation sites (tertiary alicyclic amines) is 1. The summed E-state index contributed by atoms with van der Waals surface area (Å²) in [5, 5.41) is 8.53. The summed E-state index contributed by atoms with van der Waals surface area (Å²) in [7, 11) is 1.35. The Kier molecular flexibility index (Phi) is 6.34. The van der Waals surface area contributed by atoms with Crippen molar-refractivity contribution in [2.75, 3.05) is 32.1 Å². The van der Waals surface area contributed by atoms with Gasteiger partial charge in [0.1, 0.15) is 4.88 Å². The molecule has 0 bridgehead atoms. The van der Waals surface area contributed by atoms with Crippen LogP contribution in [0.5, 0.6) is 0 Å². The zero-order valence-electron chi connectivity index (χ0n) is 14.8. The highest BCUT2D eigenvalue weighted by Crippen LogP contribution is 2.37. The van der Waals surface area contributed by atoms with Gasteiger partial charge >= 0.3 is 5.97 Å². The van der Waals surface area contributed by atoms with E-state index in [4.69, 9.17) is 28.6 Å². The molecule has 0 spiro atoms. The molecule has 140 valence electrons. The van der Waals surface area contributed by atoms with Crippen molar-refractivity contribution in [3.63, 3.8) is 0 Å². The van der Waals surface area contributed by atoms with E-state index in [9.17, 15) is 4.79 Å². The van der Waals surface area contributed by atoms with Crippen LogP contribution in [0.3, 0.4) is 0 Å². The third kappa shape index (κ3) is 4.28. The fourth-order valence-electron chi connectivity index (χ4n) is 3.11. The van der Waals surface area contributed by atoms with Crippen molar-refractivity contribution in [1.29, 1.82) is 0 Å². The summed E-state index contributed by atoms with van der Waals surface area (Å²) < 4.78 is 5.69. The van der Waals surface area contributed by atoms with Gasteiger partial charge in [-0.15, -0.1) is 11.3 Å². The van der Waals surface area contributed by atoms with Gasteiger partial charge in [-0.2, -0.15) is 0 Å². The number of piperidine rings is 1. The molecule has 8 heteroatoms. The van der Waals surface area contributed by atoms with Gasteiger partial charge in [0.2, 0.25) is 0 Å². The monoisotopic (exact) mass is 411 g/mol. The predicted molar refractivity (Wildman–Crippen MR) is 113 cm³/mol. The second-order valence-corrected chi connectivity index (χ2v) is 8.09. The van der Waals surface area contributed by atoms with Gasteiger partial charge in [0, 0.05) is 34.9 Å². The van der Waals surface area contributed by atoms with Crippen molar-refractivity contribution in [1.82, 2.24) is 10.2 Å². The summed E-state index contributed by atoms with van der Waals surface area (Å²) in [4.78, 5) is 14.7. The molecule has 0 saturated carbocycles. The molecule has 0 unspecified atom stereocenters. The Morgan fingerprint density at radius 1 is 1.42 bits per heavy atom. The molecule has 1 aromatic heterocycles. The number of carbonyl (C=O) groups is 1. The molecule has 2 aromatic rings. The lowest BCUT2D eigenvalue weighted by Gasteiger charge is -2.32. The lowest BCUT2D eigenvalue weighted by molar-refractivity contribution is 0.0606. The Morgan fingerprint density at radius 3 is 2.81 bits per heavy atom. The van der Waals surface area contributed by atoms with Crippen LogP contribution >= 0.6 is 35.2 Å².